The largest absolute Gasteiger partial charge is 0.495 e. The summed E-state index contributed by atoms with van der Waals surface area (Å²) in [5.74, 6) is 0.755. The molecular weight excluding hydrogens is 260 g/mol. The van der Waals surface area contributed by atoms with Crippen molar-refractivity contribution in [2.75, 3.05) is 31.6 Å². The summed E-state index contributed by atoms with van der Waals surface area (Å²) in [4.78, 5) is 2.41. The zero-order chi connectivity index (χ0) is 13.7. The van der Waals surface area contributed by atoms with Crippen molar-refractivity contribution in [1.29, 1.82) is 0 Å². The highest BCUT2D eigenvalue weighted by molar-refractivity contribution is 6.32. The van der Waals surface area contributed by atoms with Crippen LogP contribution in [0.1, 0.15) is 26.2 Å². The second-order valence-electron chi connectivity index (χ2n) is 5.03. The number of piperidine rings is 1. The summed E-state index contributed by atoms with van der Waals surface area (Å²) >= 11 is 6.06. The Kier molecular flexibility index (Phi) is 5.34. The molecule has 0 unspecified atom stereocenters. The highest BCUT2D eigenvalue weighted by Gasteiger charge is 2.19. The molecule has 0 aliphatic carbocycles. The second-order valence-corrected chi connectivity index (χ2v) is 5.44. The van der Waals surface area contributed by atoms with Crippen LogP contribution in [0, 0.1) is 0 Å². The van der Waals surface area contributed by atoms with Crippen molar-refractivity contribution in [1.82, 2.24) is 5.32 Å². The molecule has 0 aromatic heterocycles. The van der Waals surface area contributed by atoms with Gasteiger partial charge in [-0.1, -0.05) is 18.5 Å². The minimum Gasteiger partial charge on any atom is -0.495 e. The molecule has 1 aliphatic rings. The molecule has 0 saturated carbocycles. The first kappa shape index (κ1) is 14.5. The van der Waals surface area contributed by atoms with Crippen molar-refractivity contribution in [2.24, 2.45) is 0 Å². The number of methoxy groups -OCH3 is 1. The summed E-state index contributed by atoms with van der Waals surface area (Å²) in [6, 6.07) is 6.69. The number of hydrogen-bond acceptors (Lipinski definition) is 3. The normalized spacial score (nSPS) is 16.7. The number of nitrogens with one attached hydrogen (secondary N) is 1. The van der Waals surface area contributed by atoms with E-state index in [1.807, 2.05) is 12.1 Å². The molecule has 1 aromatic carbocycles. The van der Waals surface area contributed by atoms with Crippen molar-refractivity contribution in [3.8, 4) is 5.75 Å². The van der Waals surface area contributed by atoms with Gasteiger partial charge in [0.15, 0.2) is 0 Å². The average molecular weight is 283 g/mol. The quantitative estimate of drug-likeness (QED) is 0.897. The Bertz CT molecular complexity index is 403. The van der Waals surface area contributed by atoms with Crippen LogP contribution in [0.25, 0.3) is 0 Å². The fourth-order valence-electron chi connectivity index (χ4n) is 2.54. The summed E-state index contributed by atoms with van der Waals surface area (Å²) in [5.41, 5.74) is 1.20. The molecule has 0 bridgehead atoms. The Morgan fingerprint density at radius 1 is 1.37 bits per heavy atom. The Morgan fingerprint density at radius 3 is 2.74 bits per heavy atom. The van der Waals surface area contributed by atoms with Gasteiger partial charge in [0.2, 0.25) is 0 Å². The lowest BCUT2D eigenvalue weighted by Gasteiger charge is -2.34. The lowest BCUT2D eigenvalue weighted by Crippen LogP contribution is -2.42. The number of nitrogens with zero attached hydrogens (tertiary/aromatic N) is 1. The van der Waals surface area contributed by atoms with Crippen LogP contribution < -0.4 is 15.0 Å². The molecule has 1 aromatic rings. The molecule has 0 spiro atoms. The number of hydrogen-bond donors (Lipinski definition) is 1. The van der Waals surface area contributed by atoms with E-state index < -0.39 is 0 Å². The van der Waals surface area contributed by atoms with Crippen LogP contribution in [0.2, 0.25) is 5.02 Å². The van der Waals surface area contributed by atoms with Gasteiger partial charge >= 0.3 is 0 Å². The van der Waals surface area contributed by atoms with E-state index in [0.29, 0.717) is 11.1 Å². The van der Waals surface area contributed by atoms with Crippen LogP contribution in [0.15, 0.2) is 18.2 Å². The maximum atomic E-state index is 6.06. The minimum absolute atomic E-state index is 0.672. The Balaban J connectivity index is 1.94. The van der Waals surface area contributed by atoms with Crippen LogP contribution >= 0.6 is 11.6 Å². The number of benzene rings is 1. The highest BCUT2D eigenvalue weighted by atomic mass is 35.5. The van der Waals surface area contributed by atoms with Gasteiger partial charge in [0, 0.05) is 30.9 Å². The molecule has 106 valence electrons. The van der Waals surface area contributed by atoms with Gasteiger partial charge in [0.25, 0.3) is 0 Å². The molecule has 4 heteroatoms. The molecule has 1 N–H and O–H groups in total. The molecule has 1 saturated heterocycles. The van der Waals surface area contributed by atoms with Crippen LogP contribution in [0.4, 0.5) is 5.69 Å². The zero-order valence-corrected chi connectivity index (χ0v) is 12.5. The van der Waals surface area contributed by atoms with E-state index in [1.54, 1.807) is 7.11 Å². The monoisotopic (exact) mass is 282 g/mol. The number of ether oxygens (including phenoxy) is 1. The Morgan fingerprint density at radius 2 is 2.11 bits per heavy atom. The van der Waals surface area contributed by atoms with Crippen LogP contribution in [0.3, 0.4) is 0 Å². The van der Waals surface area contributed by atoms with E-state index in [1.165, 1.54) is 24.9 Å². The fourth-order valence-corrected chi connectivity index (χ4v) is 2.73. The van der Waals surface area contributed by atoms with E-state index in [4.69, 9.17) is 16.3 Å². The molecule has 1 fully saturated rings. The van der Waals surface area contributed by atoms with Crippen LogP contribution in [-0.4, -0.2) is 32.8 Å². The third-order valence-corrected chi connectivity index (χ3v) is 3.99. The first-order chi connectivity index (χ1) is 9.24. The van der Waals surface area contributed by atoms with Crippen molar-refractivity contribution >= 4 is 17.3 Å². The van der Waals surface area contributed by atoms with Crippen molar-refractivity contribution in [3.63, 3.8) is 0 Å². The summed E-state index contributed by atoms with van der Waals surface area (Å²) < 4.78 is 5.28. The van der Waals surface area contributed by atoms with Crippen molar-refractivity contribution in [2.45, 2.75) is 32.2 Å². The van der Waals surface area contributed by atoms with Gasteiger partial charge in [-0.2, -0.15) is 0 Å². The maximum Gasteiger partial charge on any atom is 0.139 e. The molecule has 0 amide bonds. The molecule has 1 heterocycles. The molecule has 2 rings (SSSR count). The summed E-state index contributed by atoms with van der Waals surface area (Å²) in [7, 11) is 1.66. The molecule has 0 radical (unpaired) electrons. The van der Waals surface area contributed by atoms with Gasteiger partial charge in [-0.15, -0.1) is 0 Å². The zero-order valence-electron chi connectivity index (χ0n) is 11.8. The Labute approximate surface area is 120 Å². The molecular formula is C15H23ClN2O. The maximum absolute atomic E-state index is 6.06. The smallest absolute Gasteiger partial charge is 0.139 e. The first-order valence-corrected chi connectivity index (χ1v) is 7.44. The van der Waals surface area contributed by atoms with Crippen molar-refractivity contribution in [3.05, 3.63) is 23.2 Å². The summed E-state index contributed by atoms with van der Waals surface area (Å²) in [6.45, 7) is 5.51. The number of halogens is 1. The topological polar surface area (TPSA) is 24.5 Å². The SMILES string of the molecule is CCCNC1CCN(c2ccc(Cl)c(OC)c2)CC1. The third kappa shape index (κ3) is 3.77. The van der Waals surface area contributed by atoms with Gasteiger partial charge < -0.3 is 15.0 Å². The van der Waals surface area contributed by atoms with Gasteiger partial charge in [-0.25, -0.2) is 0 Å². The fraction of sp³-hybridized carbons (Fsp3) is 0.600. The third-order valence-electron chi connectivity index (χ3n) is 3.68. The lowest BCUT2D eigenvalue weighted by atomic mass is 10.0. The predicted molar refractivity (Wildman–Crippen MR) is 81.5 cm³/mol. The van der Waals surface area contributed by atoms with Gasteiger partial charge in [0.05, 0.1) is 12.1 Å². The number of anilines is 1. The average Bonchev–Trinajstić information content (AvgIpc) is 2.46. The summed E-state index contributed by atoms with van der Waals surface area (Å²) in [6.07, 6.45) is 3.60. The van der Waals surface area contributed by atoms with E-state index in [-0.39, 0.29) is 0 Å². The van der Waals surface area contributed by atoms with Crippen LogP contribution in [0.5, 0.6) is 5.75 Å². The molecule has 19 heavy (non-hydrogen) atoms. The van der Waals surface area contributed by atoms with Crippen LogP contribution in [-0.2, 0) is 0 Å². The standard InChI is InChI=1S/C15H23ClN2O/c1-3-8-17-12-6-9-18(10-7-12)13-4-5-14(16)15(11-13)19-2/h4-5,11-12,17H,3,6-10H2,1-2H3. The highest BCUT2D eigenvalue weighted by Crippen LogP contribution is 2.30. The van der Waals surface area contributed by atoms with E-state index in [9.17, 15) is 0 Å². The van der Waals surface area contributed by atoms with E-state index in [0.717, 1.165) is 25.4 Å². The summed E-state index contributed by atoms with van der Waals surface area (Å²) in [5, 5.41) is 4.27. The second kappa shape index (κ2) is 7.01. The minimum atomic E-state index is 0.672. The van der Waals surface area contributed by atoms with E-state index >= 15 is 0 Å². The van der Waals surface area contributed by atoms with Gasteiger partial charge in [0.1, 0.15) is 5.75 Å². The van der Waals surface area contributed by atoms with E-state index in [2.05, 4.69) is 23.2 Å². The Hall–Kier alpha value is -0.930. The lowest BCUT2D eigenvalue weighted by molar-refractivity contribution is 0.410. The first-order valence-electron chi connectivity index (χ1n) is 7.06. The number of rotatable bonds is 5. The van der Waals surface area contributed by atoms with Gasteiger partial charge in [-0.3, -0.25) is 0 Å². The molecule has 3 nitrogen and oxygen atoms in total. The van der Waals surface area contributed by atoms with Crippen molar-refractivity contribution < 1.29 is 4.74 Å². The molecule has 0 atom stereocenters. The molecule has 1 aliphatic heterocycles. The predicted octanol–water partition coefficient (Wildman–Crippen LogP) is 3.32. The van der Waals surface area contributed by atoms with Gasteiger partial charge in [-0.05, 0) is 37.9 Å².